The molecule has 0 bridgehead atoms. The molecule has 0 nitrogen and oxygen atoms in total. The Kier molecular flexibility index (Phi) is 2.64. The van der Waals surface area contributed by atoms with Crippen LogP contribution < -0.4 is 0 Å². The molecular formula is C20H20Si. The van der Waals surface area contributed by atoms with E-state index >= 15 is 0 Å². The number of hydrogen-bond acceptors (Lipinski definition) is 0. The Morgan fingerprint density at radius 2 is 1.14 bits per heavy atom. The van der Waals surface area contributed by atoms with Gasteiger partial charge in [-0.25, -0.2) is 0 Å². The summed E-state index contributed by atoms with van der Waals surface area (Å²) in [5.41, 5.74) is 1.50. The topological polar surface area (TPSA) is 0 Å². The molecule has 0 fully saturated rings. The molecule has 0 aliphatic heterocycles. The van der Waals surface area contributed by atoms with E-state index in [1.54, 1.807) is 0 Å². The van der Waals surface area contributed by atoms with Crippen LogP contribution in [0.5, 0.6) is 0 Å². The second-order valence-electron chi connectivity index (χ2n) is 7.36. The van der Waals surface area contributed by atoms with Crippen LogP contribution in [-0.2, 0) is 6.04 Å². The number of rotatable bonds is 2. The average molecular weight is 288 g/mol. The molecule has 21 heavy (non-hydrogen) atoms. The third-order valence-corrected chi connectivity index (χ3v) is 5.73. The van der Waals surface area contributed by atoms with Gasteiger partial charge in [-0.05, 0) is 43.9 Å². The van der Waals surface area contributed by atoms with Crippen LogP contribution in [0.2, 0.25) is 19.6 Å². The van der Waals surface area contributed by atoms with Gasteiger partial charge in [0.1, 0.15) is 0 Å². The van der Waals surface area contributed by atoms with Gasteiger partial charge in [-0.1, -0.05) is 74.2 Å². The van der Waals surface area contributed by atoms with Crippen LogP contribution >= 0.6 is 0 Å². The first-order valence-corrected chi connectivity index (χ1v) is 11.4. The molecule has 1 heteroatoms. The van der Waals surface area contributed by atoms with E-state index in [1.807, 2.05) is 0 Å². The van der Waals surface area contributed by atoms with E-state index in [2.05, 4.69) is 74.2 Å². The Bertz CT molecular complexity index is 881. The largest absolute Gasteiger partial charge is 0.0693 e. The van der Waals surface area contributed by atoms with Gasteiger partial charge >= 0.3 is 0 Å². The maximum atomic E-state index is 2.44. The normalized spacial score (nSPS) is 12.7. The third-order valence-electron chi connectivity index (χ3n) is 4.26. The fraction of sp³-hybridized carbons (Fsp3) is 0.200. The van der Waals surface area contributed by atoms with Crippen molar-refractivity contribution in [1.82, 2.24) is 0 Å². The highest BCUT2D eigenvalue weighted by molar-refractivity contribution is 6.75. The zero-order valence-corrected chi connectivity index (χ0v) is 13.9. The molecule has 0 aromatic heterocycles. The summed E-state index contributed by atoms with van der Waals surface area (Å²) in [6.07, 6.45) is 0. The van der Waals surface area contributed by atoms with Gasteiger partial charge in [0.05, 0.1) is 0 Å². The first kappa shape index (κ1) is 12.8. The molecule has 0 heterocycles. The zero-order chi connectivity index (χ0) is 14.6. The van der Waals surface area contributed by atoms with Crippen LogP contribution in [0.1, 0.15) is 5.56 Å². The molecule has 0 atom stereocenters. The van der Waals surface area contributed by atoms with Gasteiger partial charge in [0.2, 0.25) is 0 Å². The molecule has 0 N–H and O–H groups in total. The van der Waals surface area contributed by atoms with Gasteiger partial charge < -0.3 is 0 Å². The monoisotopic (exact) mass is 288 g/mol. The summed E-state index contributed by atoms with van der Waals surface area (Å²) in [6, 6.07) is 21.8. The van der Waals surface area contributed by atoms with E-state index < -0.39 is 8.07 Å². The summed E-state index contributed by atoms with van der Waals surface area (Å²) in [5.74, 6) is 0. The average Bonchev–Trinajstić information content (AvgIpc) is 2.42. The van der Waals surface area contributed by atoms with E-state index in [4.69, 9.17) is 0 Å². The van der Waals surface area contributed by atoms with E-state index in [-0.39, 0.29) is 0 Å². The molecule has 0 saturated carbocycles. The molecule has 0 radical (unpaired) electrons. The van der Waals surface area contributed by atoms with Gasteiger partial charge in [-0.15, -0.1) is 0 Å². The fourth-order valence-electron chi connectivity index (χ4n) is 3.53. The first-order valence-electron chi connectivity index (χ1n) is 7.68. The van der Waals surface area contributed by atoms with Crippen molar-refractivity contribution in [2.45, 2.75) is 25.7 Å². The molecule has 0 aliphatic carbocycles. The summed E-state index contributed by atoms with van der Waals surface area (Å²) < 4.78 is 0. The standard InChI is InChI=1S/C20H20Si/c1-21(2,3)13-14-11-17-9-7-15-5-4-6-16-8-10-18(12-14)20(17)19(15)16/h4-12H,13H2,1-3H3. The van der Waals surface area contributed by atoms with Crippen molar-refractivity contribution in [1.29, 1.82) is 0 Å². The van der Waals surface area contributed by atoms with Gasteiger partial charge in [-0.2, -0.15) is 0 Å². The lowest BCUT2D eigenvalue weighted by molar-refractivity contribution is 1.33. The molecule has 0 spiro atoms. The Morgan fingerprint density at radius 1 is 0.667 bits per heavy atom. The predicted molar refractivity (Wildman–Crippen MR) is 97.2 cm³/mol. The van der Waals surface area contributed by atoms with Crippen LogP contribution in [0.3, 0.4) is 0 Å². The lowest BCUT2D eigenvalue weighted by Gasteiger charge is -2.18. The third kappa shape index (κ3) is 2.13. The van der Waals surface area contributed by atoms with Crippen molar-refractivity contribution in [3.8, 4) is 0 Å². The Morgan fingerprint density at radius 3 is 1.67 bits per heavy atom. The quantitative estimate of drug-likeness (QED) is 0.313. The number of hydrogen-bond donors (Lipinski definition) is 0. The van der Waals surface area contributed by atoms with Gasteiger partial charge in [0, 0.05) is 8.07 Å². The van der Waals surface area contributed by atoms with E-state index in [9.17, 15) is 0 Å². The summed E-state index contributed by atoms with van der Waals surface area (Å²) >= 11 is 0. The van der Waals surface area contributed by atoms with Crippen molar-refractivity contribution >= 4 is 40.4 Å². The van der Waals surface area contributed by atoms with Crippen LogP contribution in [0.25, 0.3) is 32.3 Å². The summed E-state index contributed by atoms with van der Waals surface area (Å²) in [4.78, 5) is 0. The highest BCUT2D eigenvalue weighted by atomic mass is 28.3. The second kappa shape index (κ2) is 4.31. The second-order valence-corrected chi connectivity index (χ2v) is 12.8. The van der Waals surface area contributed by atoms with Crippen molar-refractivity contribution < 1.29 is 0 Å². The van der Waals surface area contributed by atoms with E-state index in [0.29, 0.717) is 0 Å². The Hall–Kier alpha value is -1.86. The Balaban J connectivity index is 2.08. The van der Waals surface area contributed by atoms with Crippen LogP contribution in [0.4, 0.5) is 0 Å². The minimum atomic E-state index is -1.08. The highest BCUT2D eigenvalue weighted by Crippen LogP contribution is 2.35. The van der Waals surface area contributed by atoms with Gasteiger partial charge in [0.25, 0.3) is 0 Å². The summed E-state index contributed by atoms with van der Waals surface area (Å²) in [6.45, 7) is 7.32. The first-order chi connectivity index (χ1) is 10.0. The van der Waals surface area contributed by atoms with Gasteiger partial charge in [0.15, 0.2) is 0 Å². The SMILES string of the molecule is C[Si](C)(C)Cc1cc2ccc3cccc4ccc(c1)c2c34. The Labute approximate surface area is 126 Å². The minimum Gasteiger partial charge on any atom is -0.0693 e. The molecule has 4 aromatic rings. The van der Waals surface area contributed by atoms with E-state index in [1.165, 1.54) is 43.9 Å². The molecule has 0 amide bonds. The van der Waals surface area contributed by atoms with Crippen molar-refractivity contribution in [2.24, 2.45) is 0 Å². The number of benzene rings is 4. The molecule has 0 saturated heterocycles. The lowest BCUT2D eigenvalue weighted by Crippen LogP contribution is -2.23. The minimum absolute atomic E-state index is 1.08. The highest BCUT2D eigenvalue weighted by Gasteiger charge is 2.15. The smallest absolute Gasteiger partial charge is 0.0487 e. The molecular weight excluding hydrogens is 268 g/mol. The molecule has 0 aliphatic rings. The van der Waals surface area contributed by atoms with Crippen molar-refractivity contribution in [3.05, 3.63) is 60.2 Å². The lowest BCUT2D eigenvalue weighted by atomic mass is 9.93. The molecule has 4 aromatic carbocycles. The molecule has 104 valence electrons. The van der Waals surface area contributed by atoms with Gasteiger partial charge in [-0.3, -0.25) is 0 Å². The van der Waals surface area contributed by atoms with Crippen molar-refractivity contribution in [3.63, 3.8) is 0 Å². The molecule has 0 unspecified atom stereocenters. The van der Waals surface area contributed by atoms with E-state index in [0.717, 1.165) is 0 Å². The zero-order valence-electron chi connectivity index (χ0n) is 12.9. The fourth-order valence-corrected chi connectivity index (χ4v) is 4.96. The summed E-state index contributed by atoms with van der Waals surface area (Å²) in [7, 11) is -1.08. The van der Waals surface area contributed by atoms with Crippen molar-refractivity contribution in [2.75, 3.05) is 0 Å². The maximum absolute atomic E-state index is 2.44. The van der Waals surface area contributed by atoms with Crippen LogP contribution in [-0.4, -0.2) is 8.07 Å². The maximum Gasteiger partial charge on any atom is 0.0487 e. The molecule has 4 rings (SSSR count). The van der Waals surface area contributed by atoms with Crippen LogP contribution in [0.15, 0.2) is 54.6 Å². The summed E-state index contributed by atoms with van der Waals surface area (Å²) in [5, 5.41) is 8.35. The predicted octanol–water partition coefficient (Wildman–Crippen LogP) is 6.00. The van der Waals surface area contributed by atoms with Crippen LogP contribution in [0, 0.1) is 0 Å².